The van der Waals surface area contributed by atoms with Gasteiger partial charge in [-0.25, -0.2) is 0 Å². The first-order valence-electron chi connectivity index (χ1n) is 6.43. The van der Waals surface area contributed by atoms with Crippen molar-refractivity contribution in [2.45, 2.75) is 44.7 Å². The molecule has 1 unspecified atom stereocenters. The summed E-state index contributed by atoms with van der Waals surface area (Å²) in [6.07, 6.45) is 3.57. The van der Waals surface area contributed by atoms with Gasteiger partial charge in [-0.3, -0.25) is 9.59 Å². The normalized spacial score (nSPS) is 34.4. The van der Waals surface area contributed by atoms with Crippen molar-refractivity contribution < 1.29 is 9.59 Å². The van der Waals surface area contributed by atoms with Gasteiger partial charge in [0.1, 0.15) is 6.04 Å². The molecule has 1 heterocycles. The summed E-state index contributed by atoms with van der Waals surface area (Å²) in [6, 6.07) is -0.0759. The number of piperazine rings is 1. The fraction of sp³-hybridized carbons (Fsp3) is 0.833. The lowest BCUT2D eigenvalue weighted by molar-refractivity contribution is -0.146. The van der Waals surface area contributed by atoms with Gasteiger partial charge in [0.2, 0.25) is 11.8 Å². The second kappa shape index (κ2) is 5.04. The van der Waals surface area contributed by atoms with Crippen LogP contribution in [0.15, 0.2) is 0 Å². The standard InChI is InChI=1S/C12H21N3O2/c1-8-11(16)14-6-7-15(8)12(17)9-2-4-10(13)5-3-9/h8-10H,2-7,13H2,1H3,(H,14,16). The Hall–Kier alpha value is -1.10. The molecule has 1 saturated heterocycles. The first-order valence-corrected chi connectivity index (χ1v) is 6.43. The van der Waals surface area contributed by atoms with E-state index in [0.29, 0.717) is 13.1 Å². The zero-order chi connectivity index (χ0) is 12.4. The number of nitrogens with zero attached hydrogens (tertiary/aromatic N) is 1. The van der Waals surface area contributed by atoms with E-state index in [1.807, 2.05) is 0 Å². The second-order valence-electron chi connectivity index (χ2n) is 5.11. The van der Waals surface area contributed by atoms with Gasteiger partial charge >= 0.3 is 0 Å². The van der Waals surface area contributed by atoms with Crippen molar-refractivity contribution in [1.82, 2.24) is 10.2 Å². The minimum Gasteiger partial charge on any atom is -0.353 e. The fourth-order valence-corrected chi connectivity index (χ4v) is 2.68. The van der Waals surface area contributed by atoms with Crippen LogP contribution in [0.4, 0.5) is 0 Å². The molecule has 0 aromatic rings. The summed E-state index contributed by atoms with van der Waals surface area (Å²) in [7, 11) is 0. The number of rotatable bonds is 1. The molecule has 2 amide bonds. The Morgan fingerprint density at radius 3 is 2.65 bits per heavy atom. The Labute approximate surface area is 102 Å². The van der Waals surface area contributed by atoms with Crippen LogP contribution in [0.25, 0.3) is 0 Å². The number of hydrogen-bond donors (Lipinski definition) is 2. The lowest BCUT2D eigenvalue weighted by Gasteiger charge is -2.36. The summed E-state index contributed by atoms with van der Waals surface area (Å²) < 4.78 is 0. The molecule has 5 heteroatoms. The zero-order valence-corrected chi connectivity index (χ0v) is 10.3. The minimum atomic E-state index is -0.327. The molecule has 96 valence electrons. The lowest BCUT2D eigenvalue weighted by atomic mass is 9.85. The molecule has 0 aromatic heterocycles. The van der Waals surface area contributed by atoms with Crippen LogP contribution in [-0.2, 0) is 9.59 Å². The SMILES string of the molecule is CC1C(=O)NCCN1C(=O)C1CCC(N)CC1. The van der Waals surface area contributed by atoms with E-state index in [9.17, 15) is 9.59 Å². The lowest BCUT2D eigenvalue weighted by Crippen LogP contribution is -2.57. The van der Waals surface area contributed by atoms with Gasteiger partial charge < -0.3 is 16.0 Å². The van der Waals surface area contributed by atoms with E-state index in [1.54, 1.807) is 11.8 Å². The fourth-order valence-electron chi connectivity index (χ4n) is 2.68. The Morgan fingerprint density at radius 1 is 1.35 bits per heavy atom. The summed E-state index contributed by atoms with van der Waals surface area (Å²) in [6.45, 7) is 3.00. The van der Waals surface area contributed by atoms with Crippen molar-refractivity contribution in [3.63, 3.8) is 0 Å². The van der Waals surface area contributed by atoms with Crippen LogP contribution in [0, 0.1) is 5.92 Å². The maximum absolute atomic E-state index is 12.3. The highest BCUT2D eigenvalue weighted by atomic mass is 16.2. The molecule has 1 saturated carbocycles. The van der Waals surface area contributed by atoms with Gasteiger partial charge in [-0.1, -0.05) is 0 Å². The quantitative estimate of drug-likeness (QED) is 0.668. The van der Waals surface area contributed by atoms with Gasteiger partial charge in [0, 0.05) is 25.0 Å². The van der Waals surface area contributed by atoms with E-state index >= 15 is 0 Å². The first-order chi connectivity index (χ1) is 8.09. The molecular weight excluding hydrogens is 218 g/mol. The highest BCUT2D eigenvalue weighted by molar-refractivity contribution is 5.89. The van der Waals surface area contributed by atoms with Gasteiger partial charge in [-0.05, 0) is 32.6 Å². The third-order valence-electron chi connectivity index (χ3n) is 3.90. The molecule has 17 heavy (non-hydrogen) atoms. The van der Waals surface area contributed by atoms with E-state index in [1.165, 1.54) is 0 Å². The van der Waals surface area contributed by atoms with Crippen LogP contribution in [0.3, 0.4) is 0 Å². The van der Waals surface area contributed by atoms with E-state index in [-0.39, 0.29) is 29.8 Å². The molecule has 0 aromatic carbocycles. The highest BCUT2D eigenvalue weighted by Crippen LogP contribution is 2.26. The van der Waals surface area contributed by atoms with Crippen LogP contribution in [0.1, 0.15) is 32.6 Å². The van der Waals surface area contributed by atoms with Gasteiger partial charge in [0.25, 0.3) is 0 Å². The summed E-state index contributed by atoms with van der Waals surface area (Å²) in [4.78, 5) is 25.6. The molecule has 1 aliphatic carbocycles. The smallest absolute Gasteiger partial charge is 0.242 e. The molecule has 5 nitrogen and oxygen atoms in total. The first kappa shape index (κ1) is 12.4. The molecule has 2 fully saturated rings. The summed E-state index contributed by atoms with van der Waals surface area (Å²) in [5.74, 6) is 0.166. The topological polar surface area (TPSA) is 75.4 Å². The van der Waals surface area contributed by atoms with Crippen molar-refractivity contribution in [2.75, 3.05) is 13.1 Å². The Bertz CT molecular complexity index is 311. The molecule has 2 rings (SSSR count). The minimum absolute atomic E-state index is 0.0443. The van der Waals surface area contributed by atoms with Gasteiger partial charge in [-0.2, -0.15) is 0 Å². The summed E-state index contributed by atoms with van der Waals surface area (Å²) >= 11 is 0. The third kappa shape index (κ3) is 2.60. The van der Waals surface area contributed by atoms with Crippen LogP contribution >= 0.6 is 0 Å². The van der Waals surface area contributed by atoms with Crippen LogP contribution in [-0.4, -0.2) is 41.9 Å². The molecule has 0 radical (unpaired) electrons. The van der Waals surface area contributed by atoms with Crippen molar-refractivity contribution in [1.29, 1.82) is 0 Å². The molecule has 0 bridgehead atoms. The molecule has 2 aliphatic rings. The summed E-state index contributed by atoms with van der Waals surface area (Å²) in [5.41, 5.74) is 5.84. The maximum atomic E-state index is 12.3. The Kier molecular flexibility index (Phi) is 3.66. The predicted molar refractivity (Wildman–Crippen MR) is 64.1 cm³/mol. The Morgan fingerprint density at radius 2 is 2.00 bits per heavy atom. The molecule has 1 aliphatic heterocycles. The van der Waals surface area contributed by atoms with Crippen LogP contribution < -0.4 is 11.1 Å². The number of carbonyl (C=O) groups excluding carboxylic acids is 2. The van der Waals surface area contributed by atoms with Crippen LogP contribution in [0.5, 0.6) is 0 Å². The van der Waals surface area contributed by atoms with Gasteiger partial charge in [0.15, 0.2) is 0 Å². The molecule has 1 atom stereocenters. The number of nitrogens with one attached hydrogen (secondary N) is 1. The number of amides is 2. The second-order valence-corrected chi connectivity index (χ2v) is 5.11. The summed E-state index contributed by atoms with van der Waals surface area (Å²) in [5, 5.41) is 2.77. The van der Waals surface area contributed by atoms with Crippen molar-refractivity contribution >= 4 is 11.8 Å². The average Bonchev–Trinajstić information content (AvgIpc) is 2.33. The monoisotopic (exact) mass is 239 g/mol. The number of hydrogen-bond acceptors (Lipinski definition) is 3. The number of carbonyl (C=O) groups is 2. The van der Waals surface area contributed by atoms with E-state index < -0.39 is 0 Å². The Balaban J connectivity index is 1.97. The highest BCUT2D eigenvalue weighted by Gasteiger charge is 2.34. The maximum Gasteiger partial charge on any atom is 0.242 e. The largest absolute Gasteiger partial charge is 0.353 e. The zero-order valence-electron chi connectivity index (χ0n) is 10.3. The molecule has 0 spiro atoms. The number of nitrogens with two attached hydrogens (primary N) is 1. The molecule has 3 N–H and O–H groups in total. The third-order valence-corrected chi connectivity index (χ3v) is 3.90. The van der Waals surface area contributed by atoms with Crippen molar-refractivity contribution in [3.05, 3.63) is 0 Å². The van der Waals surface area contributed by atoms with E-state index in [0.717, 1.165) is 25.7 Å². The van der Waals surface area contributed by atoms with Crippen molar-refractivity contribution in [3.8, 4) is 0 Å². The average molecular weight is 239 g/mol. The van der Waals surface area contributed by atoms with E-state index in [2.05, 4.69) is 5.32 Å². The van der Waals surface area contributed by atoms with Gasteiger partial charge in [0.05, 0.1) is 0 Å². The predicted octanol–water partition coefficient (Wildman–Crippen LogP) is -0.149. The van der Waals surface area contributed by atoms with E-state index in [4.69, 9.17) is 5.73 Å². The van der Waals surface area contributed by atoms with Crippen molar-refractivity contribution in [2.24, 2.45) is 11.7 Å². The van der Waals surface area contributed by atoms with Gasteiger partial charge in [-0.15, -0.1) is 0 Å². The van der Waals surface area contributed by atoms with Crippen LogP contribution in [0.2, 0.25) is 0 Å². The molecular formula is C12H21N3O2.